The van der Waals surface area contributed by atoms with Crippen molar-refractivity contribution in [1.29, 1.82) is 0 Å². The number of rotatable bonds is 2. The normalized spacial score (nSPS) is 15.2. The van der Waals surface area contributed by atoms with Crippen LogP contribution < -0.4 is 0 Å². The molecule has 0 aromatic carbocycles. The lowest BCUT2D eigenvalue weighted by atomic mass is 10.2. The van der Waals surface area contributed by atoms with Gasteiger partial charge in [0.1, 0.15) is 0 Å². The van der Waals surface area contributed by atoms with E-state index in [1.54, 1.807) is 0 Å². The molecule has 0 spiro atoms. The minimum Gasteiger partial charge on any atom is -0.192 e. The monoisotopic (exact) mass is 219 g/mol. The van der Waals surface area contributed by atoms with Gasteiger partial charge in [-0.1, -0.05) is 0 Å². The fourth-order valence-corrected chi connectivity index (χ4v) is 0.297. The Balaban J connectivity index is 5.04. The van der Waals surface area contributed by atoms with Crippen LogP contribution in [0.3, 0.4) is 0 Å². The second-order valence-electron chi connectivity index (χ2n) is 1.91. The second kappa shape index (κ2) is 2.95. The van der Waals surface area contributed by atoms with E-state index in [1.165, 1.54) is 0 Å². The van der Waals surface area contributed by atoms with Crippen LogP contribution in [0.1, 0.15) is 0 Å². The average molecular weight is 219 g/mol. The topological polar surface area (TPSA) is 0 Å². The molecule has 1 radical (unpaired) electrons. The molecular formula is C4F9. The van der Waals surface area contributed by atoms with Crippen LogP contribution in [0.15, 0.2) is 0 Å². The van der Waals surface area contributed by atoms with Crippen LogP contribution in [0.25, 0.3) is 0 Å². The molecule has 0 aromatic rings. The third kappa shape index (κ3) is 1.83. The van der Waals surface area contributed by atoms with Gasteiger partial charge in [-0.2, -0.15) is 39.5 Å². The van der Waals surface area contributed by atoms with Crippen molar-refractivity contribution >= 4 is 0 Å². The molecule has 0 heterocycles. The maximum absolute atomic E-state index is 11.6. The first kappa shape index (κ1) is 12.4. The van der Waals surface area contributed by atoms with Crippen LogP contribution in [0.2, 0.25) is 0 Å². The Morgan fingerprint density at radius 2 is 1.00 bits per heavy atom. The zero-order chi connectivity index (χ0) is 11.1. The van der Waals surface area contributed by atoms with Crippen molar-refractivity contribution in [3.05, 3.63) is 6.43 Å². The quantitative estimate of drug-likeness (QED) is 0.625. The summed E-state index contributed by atoms with van der Waals surface area (Å²) in [5.41, 5.74) is 0. The average Bonchev–Trinajstić information content (AvgIpc) is 1.84. The van der Waals surface area contributed by atoms with Gasteiger partial charge in [0.25, 0.3) is 0 Å². The smallest absolute Gasteiger partial charge is 0.192 e. The Labute approximate surface area is 65.3 Å². The number of hydrogen-bond acceptors (Lipinski definition) is 0. The Morgan fingerprint density at radius 1 is 0.692 bits per heavy atom. The largest absolute Gasteiger partial charge is 0.460 e. The first-order chi connectivity index (χ1) is 5.44. The SMILES string of the molecule is F[C](F)C(F)(F)C(F)(F)C(F)(F)F. The van der Waals surface area contributed by atoms with Crippen molar-refractivity contribution in [2.24, 2.45) is 0 Å². The van der Waals surface area contributed by atoms with E-state index in [1.807, 2.05) is 0 Å². The van der Waals surface area contributed by atoms with Crippen molar-refractivity contribution in [3.8, 4) is 0 Å². The first-order valence-electron chi connectivity index (χ1n) is 2.45. The predicted molar refractivity (Wildman–Crippen MR) is 21.4 cm³/mol. The van der Waals surface area contributed by atoms with Gasteiger partial charge >= 0.3 is 24.4 Å². The molecule has 0 saturated carbocycles. The number of hydrogen-bond donors (Lipinski definition) is 0. The van der Waals surface area contributed by atoms with E-state index in [9.17, 15) is 39.5 Å². The molecule has 0 unspecified atom stereocenters. The van der Waals surface area contributed by atoms with Crippen LogP contribution in [0.5, 0.6) is 0 Å². The van der Waals surface area contributed by atoms with E-state index in [2.05, 4.69) is 0 Å². The molecular weight excluding hydrogens is 219 g/mol. The summed E-state index contributed by atoms with van der Waals surface area (Å²) in [6.07, 6.45) is -11.0. The van der Waals surface area contributed by atoms with Crippen molar-refractivity contribution in [3.63, 3.8) is 0 Å². The summed E-state index contributed by atoms with van der Waals surface area (Å²) in [5, 5.41) is 0. The van der Waals surface area contributed by atoms with Gasteiger partial charge < -0.3 is 0 Å². The molecule has 0 saturated heterocycles. The van der Waals surface area contributed by atoms with E-state index in [0.717, 1.165) is 0 Å². The summed E-state index contributed by atoms with van der Waals surface area (Å²) in [7, 11) is 0. The molecule has 0 fully saturated rings. The van der Waals surface area contributed by atoms with Gasteiger partial charge in [-0.3, -0.25) is 0 Å². The summed E-state index contributed by atoms with van der Waals surface area (Å²) < 4.78 is 102. The van der Waals surface area contributed by atoms with Crippen molar-refractivity contribution < 1.29 is 39.5 Å². The first-order valence-corrected chi connectivity index (χ1v) is 2.45. The highest BCUT2D eigenvalue weighted by Crippen LogP contribution is 2.51. The Kier molecular flexibility index (Phi) is 2.80. The van der Waals surface area contributed by atoms with Gasteiger partial charge in [-0.15, -0.1) is 0 Å². The molecule has 0 aliphatic carbocycles. The predicted octanol–water partition coefficient (Wildman–Crippen LogP) is 3.25. The molecule has 9 heteroatoms. The minimum absolute atomic E-state index is 4.28. The Hall–Kier alpha value is -0.630. The summed E-state index contributed by atoms with van der Waals surface area (Å²) >= 11 is 0. The van der Waals surface area contributed by atoms with Crippen molar-refractivity contribution in [1.82, 2.24) is 0 Å². The van der Waals surface area contributed by atoms with Crippen LogP contribution in [-0.2, 0) is 0 Å². The fourth-order valence-electron chi connectivity index (χ4n) is 0.297. The van der Waals surface area contributed by atoms with Gasteiger partial charge in [0.05, 0.1) is 0 Å². The van der Waals surface area contributed by atoms with Crippen LogP contribution in [-0.4, -0.2) is 18.0 Å². The Morgan fingerprint density at radius 3 is 1.08 bits per heavy atom. The van der Waals surface area contributed by atoms with Gasteiger partial charge in [0, 0.05) is 0 Å². The van der Waals surface area contributed by atoms with Crippen LogP contribution in [0, 0.1) is 6.43 Å². The van der Waals surface area contributed by atoms with Gasteiger partial charge in [-0.05, 0) is 0 Å². The molecule has 0 aliphatic heterocycles. The van der Waals surface area contributed by atoms with Crippen molar-refractivity contribution in [2.75, 3.05) is 0 Å². The molecule has 0 atom stereocenters. The zero-order valence-corrected chi connectivity index (χ0v) is 5.40. The van der Waals surface area contributed by atoms with Crippen molar-refractivity contribution in [2.45, 2.75) is 18.0 Å². The lowest BCUT2D eigenvalue weighted by Crippen LogP contribution is -2.53. The third-order valence-corrected chi connectivity index (χ3v) is 0.988. The maximum atomic E-state index is 11.6. The van der Waals surface area contributed by atoms with Gasteiger partial charge in [0.2, 0.25) is 0 Å². The molecule has 0 nitrogen and oxygen atoms in total. The second-order valence-corrected chi connectivity index (χ2v) is 1.91. The molecule has 0 amide bonds. The fraction of sp³-hybridized carbons (Fsp3) is 0.750. The maximum Gasteiger partial charge on any atom is 0.460 e. The standard InChI is InChI=1S/C4F9/c5-1(6)2(7,8)3(9,10)4(11,12)13. The highest BCUT2D eigenvalue weighted by molar-refractivity contribution is 5.00. The minimum atomic E-state index is -6.77. The lowest BCUT2D eigenvalue weighted by Gasteiger charge is -2.26. The highest BCUT2D eigenvalue weighted by atomic mass is 19.4. The van der Waals surface area contributed by atoms with Gasteiger partial charge in [0.15, 0.2) is 0 Å². The lowest BCUT2D eigenvalue weighted by molar-refractivity contribution is -0.360. The molecule has 0 aliphatic rings. The van der Waals surface area contributed by atoms with Gasteiger partial charge in [-0.25, -0.2) is 0 Å². The third-order valence-electron chi connectivity index (χ3n) is 0.988. The molecule has 79 valence electrons. The molecule has 13 heavy (non-hydrogen) atoms. The summed E-state index contributed by atoms with van der Waals surface area (Å²) in [5.74, 6) is -13.3. The zero-order valence-electron chi connectivity index (χ0n) is 5.40. The number of alkyl halides is 7. The summed E-state index contributed by atoms with van der Waals surface area (Å²) in [4.78, 5) is 0. The molecule has 0 aromatic heterocycles. The molecule has 0 N–H and O–H groups in total. The van der Waals surface area contributed by atoms with E-state index < -0.39 is 24.4 Å². The van der Waals surface area contributed by atoms with Crippen LogP contribution >= 0.6 is 0 Å². The molecule has 0 bridgehead atoms. The molecule has 0 rings (SSSR count). The summed E-state index contributed by atoms with van der Waals surface area (Å²) in [6, 6.07) is 0. The number of halogens is 9. The van der Waals surface area contributed by atoms with Crippen LogP contribution in [0.4, 0.5) is 39.5 Å². The summed E-state index contributed by atoms with van der Waals surface area (Å²) in [6.45, 7) is 0. The van der Waals surface area contributed by atoms with E-state index >= 15 is 0 Å². The van der Waals surface area contributed by atoms with E-state index in [0.29, 0.717) is 0 Å². The van der Waals surface area contributed by atoms with E-state index in [-0.39, 0.29) is 0 Å². The Bertz CT molecular complexity index is 177. The van der Waals surface area contributed by atoms with E-state index in [4.69, 9.17) is 0 Å². The highest BCUT2D eigenvalue weighted by Gasteiger charge is 2.77.